The average Bonchev–Trinajstić information content (AvgIpc) is 2.43. The van der Waals surface area contributed by atoms with Gasteiger partial charge in [0.2, 0.25) is 0 Å². The van der Waals surface area contributed by atoms with Crippen molar-refractivity contribution in [3.8, 4) is 0 Å². The fourth-order valence-corrected chi connectivity index (χ4v) is 1.79. The van der Waals surface area contributed by atoms with Gasteiger partial charge < -0.3 is 9.84 Å². The third-order valence-corrected chi connectivity index (χ3v) is 3.39. The first kappa shape index (κ1) is 12.9. The molecule has 1 aliphatic heterocycles. The predicted octanol–water partition coefficient (Wildman–Crippen LogP) is 1.63. The summed E-state index contributed by atoms with van der Waals surface area (Å²) in [7, 11) is 0. The van der Waals surface area contributed by atoms with Crippen molar-refractivity contribution in [2.45, 2.75) is 38.6 Å². The zero-order valence-corrected chi connectivity index (χ0v) is 10.8. The van der Waals surface area contributed by atoms with E-state index in [0.717, 1.165) is 10.6 Å². The summed E-state index contributed by atoms with van der Waals surface area (Å²) in [6.07, 6.45) is -0.569. The number of rotatable bonds is 3. The maximum atomic E-state index is 11.7. The number of cyclic esters (lactones) is 1. The number of hydrazine groups is 1. The van der Waals surface area contributed by atoms with Crippen LogP contribution in [-0.4, -0.2) is 27.5 Å². The van der Waals surface area contributed by atoms with Crippen molar-refractivity contribution < 1.29 is 14.6 Å². The van der Waals surface area contributed by atoms with Crippen molar-refractivity contribution in [1.82, 2.24) is 10.4 Å². The van der Waals surface area contributed by atoms with Crippen LogP contribution in [0.2, 0.25) is 0 Å². The topological polar surface area (TPSA) is 61.8 Å². The third-order valence-electron chi connectivity index (χ3n) is 3.39. The first-order chi connectivity index (χ1) is 8.34. The van der Waals surface area contributed by atoms with E-state index in [2.05, 4.69) is 5.43 Å². The maximum Gasteiger partial charge on any atom is 0.427 e. The molecule has 0 saturated carbocycles. The van der Waals surface area contributed by atoms with Gasteiger partial charge in [-0.3, -0.25) is 0 Å². The van der Waals surface area contributed by atoms with Crippen LogP contribution >= 0.6 is 0 Å². The van der Waals surface area contributed by atoms with Crippen LogP contribution in [0.4, 0.5) is 4.79 Å². The zero-order valence-electron chi connectivity index (χ0n) is 10.8. The van der Waals surface area contributed by atoms with Gasteiger partial charge in [0, 0.05) is 6.54 Å². The summed E-state index contributed by atoms with van der Waals surface area (Å²) in [6, 6.07) is 9.64. The van der Waals surface area contributed by atoms with E-state index in [1.807, 2.05) is 30.3 Å². The minimum Gasteiger partial charge on any atom is -0.437 e. The van der Waals surface area contributed by atoms with E-state index >= 15 is 0 Å². The van der Waals surface area contributed by atoms with Crippen LogP contribution in [0.5, 0.6) is 0 Å². The van der Waals surface area contributed by atoms with Crippen molar-refractivity contribution in [2.24, 2.45) is 0 Å². The number of amides is 1. The highest BCUT2D eigenvalue weighted by atomic mass is 16.6. The zero-order chi connectivity index (χ0) is 13.4. The molecular weight excluding hydrogens is 232 g/mol. The second-order valence-corrected chi connectivity index (χ2v) is 5.05. The fourth-order valence-electron chi connectivity index (χ4n) is 1.79. The lowest BCUT2D eigenvalue weighted by molar-refractivity contribution is -0.141. The van der Waals surface area contributed by atoms with Crippen LogP contribution in [0.25, 0.3) is 0 Å². The van der Waals surface area contributed by atoms with Gasteiger partial charge in [-0.15, -0.1) is 0 Å². The van der Waals surface area contributed by atoms with Gasteiger partial charge in [0.25, 0.3) is 0 Å². The Morgan fingerprint density at radius 2 is 1.89 bits per heavy atom. The van der Waals surface area contributed by atoms with Crippen LogP contribution in [0.3, 0.4) is 0 Å². The normalized spacial score (nSPS) is 26.2. The molecule has 1 aliphatic rings. The molecule has 2 N–H and O–H groups in total. The number of carbonyl (C=O) groups excluding carboxylic acids is 1. The summed E-state index contributed by atoms with van der Waals surface area (Å²) in [5.41, 5.74) is 1.58. The molecule has 5 heteroatoms. The minimum atomic E-state index is -1.39. The molecule has 1 heterocycles. The second kappa shape index (κ2) is 4.26. The molecule has 1 aromatic rings. The number of carbonyl (C=O) groups is 1. The number of benzene rings is 1. The molecule has 2 rings (SSSR count). The smallest absolute Gasteiger partial charge is 0.427 e. The first-order valence-electron chi connectivity index (χ1n) is 5.87. The highest BCUT2D eigenvalue weighted by Crippen LogP contribution is 2.35. The van der Waals surface area contributed by atoms with Gasteiger partial charge in [-0.2, -0.15) is 0 Å². The van der Waals surface area contributed by atoms with Crippen LogP contribution in [0.1, 0.15) is 26.3 Å². The van der Waals surface area contributed by atoms with Crippen LogP contribution in [0, 0.1) is 0 Å². The van der Waals surface area contributed by atoms with Gasteiger partial charge in [0.15, 0.2) is 11.3 Å². The number of hydrogen-bond acceptors (Lipinski definition) is 4. The molecule has 0 unspecified atom stereocenters. The molecule has 1 aromatic carbocycles. The quantitative estimate of drug-likeness (QED) is 0.856. The average molecular weight is 250 g/mol. The van der Waals surface area contributed by atoms with E-state index in [1.165, 1.54) is 0 Å². The summed E-state index contributed by atoms with van der Waals surface area (Å²) < 4.78 is 5.14. The summed E-state index contributed by atoms with van der Waals surface area (Å²) >= 11 is 0. The molecule has 0 bridgehead atoms. The molecule has 0 radical (unpaired) electrons. The van der Waals surface area contributed by atoms with Gasteiger partial charge in [0.1, 0.15) is 0 Å². The molecule has 98 valence electrons. The maximum absolute atomic E-state index is 11.7. The lowest BCUT2D eigenvalue weighted by Gasteiger charge is -2.34. The Bertz CT molecular complexity index is 443. The monoisotopic (exact) mass is 250 g/mol. The van der Waals surface area contributed by atoms with E-state index in [9.17, 15) is 9.90 Å². The standard InChI is InChI=1S/C13H18N2O3/c1-12(2)13(3,17)15(11(16)18-12)14-9-10-7-5-4-6-8-10/h4-8,14,17H,9H2,1-3H3/t13-/m0/s1. The Hall–Kier alpha value is -1.59. The molecule has 1 amide bonds. The molecule has 1 fully saturated rings. The largest absolute Gasteiger partial charge is 0.437 e. The summed E-state index contributed by atoms with van der Waals surface area (Å²) in [6.45, 7) is 5.35. The van der Waals surface area contributed by atoms with Crippen molar-refractivity contribution >= 4 is 6.09 Å². The van der Waals surface area contributed by atoms with E-state index in [4.69, 9.17) is 4.74 Å². The Morgan fingerprint density at radius 3 is 2.39 bits per heavy atom. The lowest BCUT2D eigenvalue weighted by Crippen LogP contribution is -2.58. The summed E-state index contributed by atoms with van der Waals surface area (Å²) in [5, 5.41) is 11.5. The number of nitrogens with zero attached hydrogens (tertiary/aromatic N) is 1. The van der Waals surface area contributed by atoms with E-state index in [-0.39, 0.29) is 0 Å². The van der Waals surface area contributed by atoms with Gasteiger partial charge in [-0.05, 0) is 26.3 Å². The van der Waals surface area contributed by atoms with Crippen molar-refractivity contribution in [2.75, 3.05) is 0 Å². The molecule has 1 atom stereocenters. The summed E-state index contributed by atoms with van der Waals surface area (Å²) in [4.78, 5) is 11.7. The first-order valence-corrected chi connectivity index (χ1v) is 5.87. The second-order valence-electron chi connectivity index (χ2n) is 5.05. The predicted molar refractivity (Wildman–Crippen MR) is 66.3 cm³/mol. The molecule has 0 aliphatic carbocycles. The lowest BCUT2D eigenvalue weighted by atomic mass is 9.97. The fraction of sp³-hybridized carbons (Fsp3) is 0.462. The van der Waals surface area contributed by atoms with Crippen LogP contribution < -0.4 is 5.43 Å². The van der Waals surface area contributed by atoms with E-state index in [0.29, 0.717) is 6.54 Å². The van der Waals surface area contributed by atoms with Gasteiger partial charge in [-0.25, -0.2) is 15.2 Å². The Labute approximate surface area is 106 Å². The Kier molecular flexibility index (Phi) is 3.04. The highest BCUT2D eigenvalue weighted by Gasteiger charge is 2.56. The van der Waals surface area contributed by atoms with Crippen LogP contribution in [0.15, 0.2) is 30.3 Å². The number of ether oxygens (including phenoxy) is 1. The van der Waals surface area contributed by atoms with Gasteiger partial charge in [0.05, 0.1) is 0 Å². The van der Waals surface area contributed by atoms with E-state index < -0.39 is 17.4 Å². The van der Waals surface area contributed by atoms with Crippen molar-refractivity contribution in [3.63, 3.8) is 0 Å². The van der Waals surface area contributed by atoms with Gasteiger partial charge >= 0.3 is 6.09 Å². The molecule has 18 heavy (non-hydrogen) atoms. The van der Waals surface area contributed by atoms with Gasteiger partial charge in [-0.1, -0.05) is 30.3 Å². The molecule has 5 nitrogen and oxygen atoms in total. The van der Waals surface area contributed by atoms with Crippen LogP contribution in [-0.2, 0) is 11.3 Å². The van der Waals surface area contributed by atoms with Crippen molar-refractivity contribution in [1.29, 1.82) is 0 Å². The van der Waals surface area contributed by atoms with Crippen molar-refractivity contribution in [3.05, 3.63) is 35.9 Å². The highest BCUT2D eigenvalue weighted by molar-refractivity contribution is 5.71. The van der Waals surface area contributed by atoms with E-state index in [1.54, 1.807) is 20.8 Å². The SMILES string of the molecule is CC1(C)OC(=O)N(NCc2ccccc2)[C@@]1(C)O. The Balaban J connectivity index is 2.08. The summed E-state index contributed by atoms with van der Waals surface area (Å²) in [5.74, 6) is 0. The number of hydrogen-bond donors (Lipinski definition) is 2. The third kappa shape index (κ3) is 2.07. The molecule has 0 aromatic heterocycles. The molecule has 1 saturated heterocycles. The number of nitrogens with one attached hydrogen (secondary N) is 1. The minimum absolute atomic E-state index is 0.447. The molecular formula is C13H18N2O3. The Morgan fingerprint density at radius 1 is 1.28 bits per heavy atom. The molecule has 0 spiro atoms. The number of aliphatic hydroxyl groups is 1.